The SMILES string of the molecule is O=C1ON=C(c2ccccc2)C1=CN1CCC(c2ccccc2)CC1. The number of oxime groups is 1. The third-order valence-electron chi connectivity index (χ3n) is 4.85. The van der Waals surface area contributed by atoms with Gasteiger partial charge in [-0.05, 0) is 24.3 Å². The molecule has 0 aromatic heterocycles. The summed E-state index contributed by atoms with van der Waals surface area (Å²) in [5.74, 6) is 0.220. The summed E-state index contributed by atoms with van der Waals surface area (Å²) in [4.78, 5) is 19.2. The highest BCUT2D eigenvalue weighted by atomic mass is 16.7. The first kappa shape index (κ1) is 15.6. The van der Waals surface area contributed by atoms with Crippen molar-refractivity contribution in [2.75, 3.05) is 13.1 Å². The molecule has 0 bridgehead atoms. The van der Waals surface area contributed by atoms with E-state index in [-0.39, 0.29) is 5.97 Å². The van der Waals surface area contributed by atoms with Crippen LogP contribution in [-0.2, 0) is 9.63 Å². The summed E-state index contributed by atoms with van der Waals surface area (Å²) < 4.78 is 0. The van der Waals surface area contributed by atoms with Gasteiger partial charge in [0.05, 0.1) is 0 Å². The van der Waals surface area contributed by atoms with E-state index in [4.69, 9.17) is 4.84 Å². The van der Waals surface area contributed by atoms with Gasteiger partial charge >= 0.3 is 5.97 Å². The summed E-state index contributed by atoms with van der Waals surface area (Å²) in [5.41, 5.74) is 3.47. The number of likely N-dealkylation sites (tertiary alicyclic amines) is 1. The van der Waals surface area contributed by atoms with E-state index < -0.39 is 0 Å². The lowest BCUT2D eigenvalue weighted by Crippen LogP contribution is -2.30. The molecular weight excluding hydrogens is 312 g/mol. The topological polar surface area (TPSA) is 41.9 Å². The van der Waals surface area contributed by atoms with Gasteiger partial charge in [0.2, 0.25) is 0 Å². The summed E-state index contributed by atoms with van der Waals surface area (Å²) in [6.45, 7) is 1.86. The van der Waals surface area contributed by atoms with Crippen LogP contribution in [0.25, 0.3) is 0 Å². The molecule has 0 aliphatic carbocycles. The zero-order valence-corrected chi connectivity index (χ0v) is 14.0. The molecule has 2 aromatic carbocycles. The fourth-order valence-electron chi connectivity index (χ4n) is 3.47. The van der Waals surface area contributed by atoms with Crippen LogP contribution in [0.4, 0.5) is 0 Å². The second kappa shape index (κ2) is 6.93. The van der Waals surface area contributed by atoms with E-state index in [1.54, 1.807) is 0 Å². The maximum atomic E-state index is 12.1. The van der Waals surface area contributed by atoms with Gasteiger partial charge < -0.3 is 9.74 Å². The molecule has 2 aliphatic heterocycles. The van der Waals surface area contributed by atoms with Crippen molar-refractivity contribution in [3.05, 3.63) is 83.6 Å². The van der Waals surface area contributed by atoms with Gasteiger partial charge in [0.1, 0.15) is 11.3 Å². The second-order valence-electron chi connectivity index (χ2n) is 6.45. The minimum Gasteiger partial charge on any atom is -0.377 e. The molecule has 0 saturated carbocycles. The minimum absolute atomic E-state index is 0.371. The predicted molar refractivity (Wildman–Crippen MR) is 97.1 cm³/mol. The third kappa shape index (κ3) is 3.33. The standard InChI is InChI=1S/C21H20N2O2/c24-21-19(20(22-25-21)18-9-5-2-6-10-18)15-23-13-11-17(12-14-23)16-7-3-1-4-8-16/h1-10,15,17H,11-14H2. The molecule has 2 aliphatic rings. The lowest BCUT2D eigenvalue weighted by molar-refractivity contribution is -0.136. The van der Waals surface area contributed by atoms with Gasteiger partial charge in [0.25, 0.3) is 0 Å². The highest BCUT2D eigenvalue weighted by Gasteiger charge is 2.28. The van der Waals surface area contributed by atoms with Gasteiger partial charge in [-0.15, -0.1) is 0 Å². The number of nitrogens with zero attached hydrogens (tertiary/aromatic N) is 2. The Labute approximate surface area is 147 Å². The van der Waals surface area contributed by atoms with Crippen LogP contribution in [0.1, 0.15) is 29.9 Å². The quantitative estimate of drug-likeness (QED) is 0.635. The molecule has 0 radical (unpaired) electrons. The highest BCUT2D eigenvalue weighted by Crippen LogP contribution is 2.28. The Balaban J connectivity index is 1.48. The molecule has 1 saturated heterocycles. The first-order valence-corrected chi connectivity index (χ1v) is 8.67. The fraction of sp³-hybridized carbons (Fsp3) is 0.238. The Morgan fingerprint density at radius 2 is 1.60 bits per heavy atom. The minimum atomic E-state index is -0.371. The van der Waals surface area contributed by atoms with E-state index in [0.29, 0.717) is 17.2 Å². The van der Waals surface area contributed by atoms with Crippen LogP contribution in [-0.4, -0.2) is 29.7 Å². The number of carbonyl (C=O) groups is 1. The van der Waals surface area contributed by atoms with Crippen molar-refractivity contribution in [1.82, 2.24) is 4.90 Å². The van der Waals surface area contributed by atoms with E-state index >= 15 is 0 Å². The molecule has 2 aromatic rings. The Bertz CT molecular complexity index is 804. The van der Waals surface area contributed by atoms with Gasteiger partial charge in [-0.1, -0.05) is 65.8 Å². The average molecular weight is 332 g/mol. The van der Waals surface area contributed by atoms with Gasteiger partial charge in [-0.25, -0.2) is 4.79 Å². The van der Waals surface area contributed by atoms with Crippen molar-refractivity contribution in [1.29, 1.82) is 0 Å². The van der Waals surface area contributed by atoms with E-state index in [1.165, 1.54) is 5.56 Å². The number of hydrogen-bond acceptors (Lipinski definition) is 4. The number of benzene rings is 2. The van der Waals surface area contributed by atoms with Crippen LogP contribution < -0.4 is 0 Å². The number of rotatable bonds is 3. The highest BCUT2D eigenvalue weighted by molar-refractivity contribution is 6.28. The Morgan fingerprint density at radius 1 is 0.960 bits per heavy atom. The van der Waals surface area contributed by atoms with E-state index in [1.807, 2.05) is 36.5 Å². The summed E-state index contributed by atoms with van der Waals surface area (Å²) in [6, 6.07) is 20.3. The van der Waals surface area contributed by atoms with Crippen molar-refractivity contribution in [2.24, 2.45) is 5.16 Å². The average Bonchev–Trinajstić information content (AvgIpc) is 3.04. The molecule has 126 valence electrons. The van der Waals surface area contributed by atoms with Crippen molar-refractivity contribution >= 4 is 11.7 Å². The van der Waals surface area contributed by atoms with Crippen LogP contribution >= 0.6 is 0 Å². The van der Waals surface area contributed by atoms with Crippen molar-refractivity contribution in [2.45, 2.75) is 18.8 Å². The molecule has 0 unspecified atom stereocenters. The molecule has 0 amide bonds. The molecular formula is C21H20N2O2. The summed E-state index contributed by atoms with van der Waals surface area (Å²) in [6.07, 6.45) is 4.09. The first-order valence-electron chi connectivity index (χ1n) is 8.67. The molecule has 0 atom stereocenters. The number of piperidine rings is 1. The molecule has 4 nitrogen and oxygen atoms in total. The molecule has 0 N–H and O–H groups in total. The number of hydrogen-bond donors (Lipinski definition) is 0. The Morgan fingerprint density at radius 3 is 2.28 bits per heavy atom. The smallest absolute Gasteiger partial charge is 0.369 e. The second-order valence-corrected chi connectivity index (χ2v) is 6.45. The van der Waals surface area contributed by atoms with E-state index in [2.05, 4.69) is 40.4 Å². The van der Waals surface area contributed by atoms with Crippen molar-refractivity contribution in [3.63, 3.8) is 0 Å². The molecule has 2 heterocycles. The van der Waals surface area contributed by atoms with E-state index in [9.17, 15) is 4.79 Å². The fourth-order valence-corrected chi connectivity index (χ4v) is 3.47. The van der Waals surface area contributed by atoms with Gasteiger partial charge in [0, 0.05) is 24.9 Å². The lowest BCUT2D eigenvalue weighted by Gasteiger charge is -2.31. The first-order chi connectivity index (χ1) is 12.3. The zero-order chi connectivity index (χ0) is 17.1. The molecule has 4 heteroatoms. The van der Waals surface area contributed by atoms with Gasteiger partial charge in [-0.3, -0.25) is 0 Å². The monoisotopic (exact) mass is 332 g/mol. The normalized spacial score (nSPS) is 19.8. The van der Waals surface area contributed by atoms with E-state index in [0.717, 1.165) is 31.5 Å². The lowest BCUT2D eigenvalue weighted by atomic mass is 9.89. The largest absolute Gasteiger partial charge is 0.377 e. The van der Waals surface area contributed by atoms with Gasteiger partial charge in [-0.2, -0.15) is 0 Å². The van der Waals surface area contributed by atoms with Crippen LogP contribution in [0.3, 0.4) is 0 Å². The van der Waals surface area contributed by atoms with Crippen LogP contribution in [0.2, 0.25) is 0 Å². The molecule has 0 spiro atoms. The van der Waals surface area contributed by atoms with Crippen molar-refractivity contribution < 1.29 is 9.63 Å². The third-order valence-corrected chi connectivity index (χ3v) is 4.85. The molecule has 1 fully saturated rings. The van der Waals surface area contributed by atoms with Gasteiger partial charge in [0.15, 0.2) is 0 Å². The zero-order valence-electron chi connectivity index (χ0n) is 14.0. The van der Waals surface area contributed by atoms with Crippen LogP contribution in [0, 0.1) is 0 Å². The maximum absolute atomic E-state index is 12.1. The Hall–Kier alpha value is -2.88. The number of carbonyl (C=O) groups excluding carboxylic acids is 1. The summed E-state index contributed by atoms with van der Waals surface area (Å²) in [7, 11) is 0. The van der Waals surface area contributed by atoms with Crippen molar-refractivity contribution in [3.8, 4) is 0 Å². The summed E-state index contributed by atoms with van der Waals surface area (Å²) in [5, 5.41) is 3.97. The van der Waals surface area contributed by atoms with Crippen LogP contribution in [0.15, 0.2) is 77.6 Å². The summed E-state index contributed by atoms with van der Waals surface area (Å²) >= 11 is 0. The molecule has 25 heavy (non-hydrogen) atoms. The molecule has 4 rings (SSSR count). The Kier molecular flexibility index (Phi) is 4.34. The predicted octanol–water partition coefficient (Wildman–Crippen LogP) is 3.71. The maximum Gasteiger partial charge on any atom is 0.369 e. The van der Waals surface area contributed by atoms with Crippen LogP contribution in [0.5, 0.6) is 0 Å².